The Morgan fingerprint density at radius 3 is 2.90 bits per heavy atom. The second kappa shape index (κ2) is 9.45. The zero-order valence-electron chi connectivity index (χ0n) is 17.5. The average Bonchev–Trinajstić information content (AvgIpc) is 3.25. The number of rotatable bonds is 9. The zero-order chi connectivity index (χ0) is 22.8. The number of fused-ring (bicyclic) bond motifs is 1. The van der Waals surface area contributed by atoms with E-state index in [1.807, 2.05) is 0 Å². The van der Waals surface area contributed by atoms with Gasteiger partial charge < -0.3 is 19.9 Å². The van der Waals surface area contributed by atoms with E-state index < -0.39 is 44.3 Å². The fourth-order valence-corrected chi connectivity index (χ4v) is 3.99. The summed E-state index contributed by atoms with van der Waals surface area (Å²) in [7, 11) is -0.818. The van der Waals surface area contributed by atoms with Gasteiger partial charge in [-0.3, -0.25) is 9.36 Å². The van der Waals surface area contributed by atoms with E-state index in [2.05, 4.69) is 25.4 Å². The molecule has 170 valence electrons. The Labute approximate surface area is 178 Å². The molecule has 0 saturated carbocycles. The lowest BCUT2D eigenvalue weighted by atomic mass is 9.98. The highest BCUT2D eigenvalue weighted by Crippen LogP contribution is 2.43. The highest BCUT2D eigenvalue weighted by Gasteiger charge is 2.56. The first-order valence-electron chi connectivity index (χ1n) is 9.61. The van der Waals surface area contributed by atoms with Crippen molar-refractivity contribution in [3.63, 3.8) is 0 Å². The van der Waals surface area contributed by atoms with E-state index in [1.54, 1.807) is 14.0 Å². The van der Waals surface area contributed by atoms with Crippen molar-refractivity contribution in [3.8, 4) is 0 Å². The van der Waals surface area contributed by atoms with Gasteiger partial charge in [-0.05, 0) is 25.3 Å². The molecule has 0 radical (unpaired) electrons. The number of esters is 1. The molecule has 12 nitrogen and oxygen atoms in total. The number of imidazole rings is 1. The minimum Gasteiger partial charge on any atom is -0.465 e. The number of carbonyl (C=O) groups excluding carboxylic acids is 1. The molecule has 0 aromatic carbocycles. The van der Waals surface area contributed by atoms with E-state index in [1.165, 1.54) is 31.1 Å². The summed E-state index contributed by atoms with van der Waals surface area (Å²) in [5, 5.41) is 15.8. The Bertz CT molecular complexity index is 958. The van der Waals surface area contributed by atoms with Crippen molar-refractivity contribution in [1.29, 1.82) is 0 Å². The van der Waals surface area contributed by atoms with E-state index in [0.29, 0.717) is 17.0 Å². The topological polar surface area (TPSA) is 150 Å². The molecule has 3 rings (SSSR count). The van der Waals surface area contributed by atoms with E-state index >= 15 is 4.39 Å². The highest BCUT2D eigenvalue weighted by atomic mass is 31.1. The number of halogens is 1. The van der Waals surface area contributed by atoms with Crippen molar-refractivity contribution >= 4 is 31.1 Å². The molecule has 0 bridgehead atoms. The number of hydrogen-bond donors (Lipinski definition) is 3. The van der Waals surface area contributed by atoms with Gasteiger partial charge in [0.25, 0.3) is 0 Å². The van der Waals surface area contributed by atoms with E-state index in [-0.39, 0.29) is 13.2 Å². The summed E-state index contributed by atoms with van der Waals surface area (Å²) in [5.74, 6) is -0.126. The third kappa shape index (κ3) is 4.65. The number of nitrogens with zero attached hydrogens (tertiary/aromatic N) is 4. The minimum atomic E-state index is -2.49. The molecule has 1 unspecified atom stereocenters. The summed E-state index contributed by atoms with van der Waals surface area (Å²) in [6.07, 6.45) is -1.31. The fraction of sp³-hybridized carbons (Fsp3) is 0.647. The van der Waals surface area contributed by atoms with Crippen LogP contribution in [-0.4, -0.2) is 74.8 Å². The summed E-state index contributed by atoms with van der Waals surface area (Å²) in [6, 6.07) is -0.865. The van der Waals surface area contributed by atoms with Gasteiger partial charge in [0.15, 0.2) is 23.4 Å². The van der Waals surface area contributed by atoms with Crippen LogP contribution >= 0.6 is 8.18 Å². The van der Waals surface area contributed by atoms with Crippen molar-refractivity contribution in [2.45, 2.75) is 50.9 Å². The molecule has 1 saturated heterocycles. The van der Waals surface area contributed by atoms with Crippen LogP contribution in [0.25, 0.3) is 11.2 Å². The molecule has 3 N–H and O–H groups in total. The number of nitrogens with one attached hydrogen (secondary N) is 2. The van der Waals surface area contributed by atoms with Gasteiger partial charge in [-0.25, -0.2) is 19.3 Å². The number of anilines is 1. The summed E-state index contributed by atoms with van der Waals surface area (Å²) >= 11 is 0. The predicted molar refractivity (Wildman–Crippen MR) is 107 cm³/mol. The number of aliphatic hydroxyl groups excluding tert-OH is 1. The SMILES string of the molecule is CCOC(=O)[C@@H](C)N[P+](=O)OC[C@H]1O[C@@H](n2cnc3c(NC)ncnc32)[C@](C)(F)[C@@H]1O. The van der Waals surface area contributed by atoms with E-state index in [0.717, 1.165) is 0 Å². The summed E-state index contributed by atoms with van der Waals surface area (Å²) in [5.41, 5.74) is -1.49. The second-order valence-electron chi connectivity index (χ2n) is 7.07. The third-order valence-electron chi connectivity index (χ3n) is 4.86. The lowest BCUT2D eigenvalue weighted by Gasteiger charge is -2.24. The molecule has 3 heterocycles. The Morgan fingerprint density at radius 1 is 1.48 bits per heavy atom. The Kier molecular flexibility index (Phi) is 7.12. The van der Waals surface area contributed by atoms with Gasteiger partial charge in [-0.15, -0.1) is 4.52 Å². The Morgan fingerprint density at radius 2 is 2.23 bits per heavy atom. The predicted octanol–water partition coefficient (Wildman–Crippen LogP) is 1.07. The molecule has 1 fully saturated rings. The van der Waals surface area contributed by atoms with Gasteiger partial charge >= 0.3 is 14.1 Å². The molecule has 2 aromatic heterocycles. The summed E-state index contributed by atoms with van der Waals surface area (Å²) in [4.78, 5) is 24.0. The minimum absolute atomic E-state index is 0.185. The Hall–Kier alpha value is -2.31. The maximum absolute atomic E-state index is 15.4. The number of alkyl halides is 1. The molecule has 2 aromatic rings. The molecule has 0 amide bonds. The molecular formula is C17H25FN6O6P+. The molecule has 14 heteroatoms. The largest absolute Gasteiger partial charge is 0.613 e. The molecule has 0 spiro atoms. The molecule has 1 aliphatic rings. The number of carbonyl (C=O) groups is 1. The third-order valence-corrected chi connectivity index (χ3v) is 5.84. The monoisotopic (exact) mass is 459 g/mol. The quantitative estimate of drug-likeness (QED) is 0.365. The number of ether oxygens (including phenoxy) is 2. The average molecular weight is 459 g/mol. The first-order valence-corrected chi connectivity index (χ1v) is 10.8. The normalized spacial score (nSPS) is 27.3. The van der Waals surface area contributed by atoms with Crippen LogP contribution in [0, 0.1) is 0 Å². The summed E-state index contributed by atoms with van der Waals surface area (Å²) < 4.78 is 44.5. The second-order valence-corrected chi connectivity index (χ2v) is 8.11. The van der Waals surface area contributed by atoms with Crippen molar-refractivity contribution in [2.24, 2.45) is 0 Å². The lowest BCUT2D eigenvalue weighted by Crippen LogP contribution is -2.40. The maximum atomic E-state index is 15.4. The molecule has 1 aliphatic heterocycles. The molecule has 6 atom stereocenters. The first kappa shape index (κ1) is 23.4. The van der Waals surface area contributed by atoms with Crippen LogP contribution < -0.4 is 10.4 Å². The fourth-order valence-electron chi connectivity index (χ4n) is 3.21. The van der Waals surface area contributed by atoms with Crippen molar-refractivity contribution in [2.75, 3.05) is 25.6 Å². The number of hydrogen-bond acceptors (Lipinski definition) is 10. The van der Waals surface area contributed by atoms with E-state index in [4.69, 9.17) is 14.0 Å². The summed E-state index contributed by atoms with van der Waals surface area (Å²) in [6.45, 7) is 4.12. The standard InChI is InChI=1S/C17H25FN6O6P/c1-5-28-15(26)9(2)23-31(27)29-6-10-12(25)17(3,18)16(30-10)24-8-22-11-13(19-4)20-7-21-14(11)24/h7-10,12,16,25H,5-6H2,1-4H3,(H,23,27)(H,19,20,21)/q+1/t9-,10-,12-,16-,17-/m1/s1. The van der Waals surface area contributed by atoms with Gasteiger partial charge in [0.1, 0.15) is 36.7 Å². The van der Waals surface area contributed by atoms with Crippen LogP contribution in [0.1, 0.15) is 27.0 Å². The lowest BCUT2D eigenvalue weighted by molar-refractivity contribution is -0.144. The van der Waals surface area contributed by atoms with Crippen LogP contribution in [0.15, 0.2) is 12.7 Å². The van der Waals surface area contributed by atoms with Gasteiger partial charge in [0.2, 0.25) is 0 Å². The van der Waals surface area contributed by atoms with Crippen LogP contribution in [0.2, 0.25) is 0 Å². The van der Waals surface area contributed by atoms with Crippen LogP contribution in [0.5, 0.6) is 0 Å². The Balaban J connectivity index is 1.69. The zero-order valence-corrected chi connectivity index (χ0v) is 18.4. The highest BCUT2D eigenvalue weighted by molar-refractivity contribution is 7.36. The van der Waals surface area contributed by atoms with Gasteiger partial charge in [-0.2, -0.15) is 0 Å². The van der Waals surface area contributed by atoms with Gasteiger partial charge in [-0.1, -0.05) is 5.09 Å². The van der Waals surface area contributed by atoms with Crippen LogP contribution in [0.4, 0.5) is 10.2 Å². The van der Waals surface area contributed by atoms with E-state index in [9.17, 15) is 14.5 Å². The smallest absolute Gasteiger partial charge is 0.465 e. The molecule has 0 aliphatic carbocycles. The van der Waals surface area contributed by atoms with Crippen molar-refractivity contribution < 1.29 is 32.9 Å². The molecule has 31 heavy (non-hydrogen) atoms. The first-order chi connectivity index (χ1) is 14.7. The van der Waals surface area contributed by atoms with Crippen LogP contribution in [-0.2, 0) is 23.4 Å². The van der Waals surface area contributed by atoms with Crippen molar-refractivity contribution in [3.05, 3.63) is 12.7 Å². The number of aromatic nitrogens is 4. The van der Waals surface area contributed by atoms with Gasteiger partial charge in [0, 0.05) is 7.05 Å². The molecular weight excluding hydrogens is 434 g/mol. The van der Waals surface area contributed by atoms with Crippen LogP contribution in [0.3, 0.4) is 0 Å². The number of aliphatic hydroxyl groups is 1. The van der Waals surface area contributed by atoms with Gasteiger partial charge in [0.05, 0.1) is 12.9 Å². The van der Waals surface area contributed by atoms with Crippen molar-refractivity contribution in [1.82, 2.24) is 24.6 Å². The maximum Gasteiger partial charge on any atom is 0.613 e.